The zero-order valence-electron chi connectivity index (χ0n) is 8.65. The van der Waals surface area contributed by atoms with Crippen molar-refractivity contribution in [2.45, 2.75) is 27.2 Å². The first-order valence-electron chi connectivity index (χ1n) is 4.71. The Bertz CT molecular complexity index is 308. The first kappa shape index (κ1) is 10.1. The van der Waals surface area contributed by atoms with E-state index in [4.69, 9.17) is 5.73 Å². The van der Waals surface area contributed by atoms with E-state index < -0.39 is 0 Å². The molecule has 0 aliphatic rings. The molecule has 1 heterocycles. The average Bonchev–Trinajstić information content (AvgIpc) is 2.47. The molecule has 0 aromatic carbocycles. The normalized spacial score (nSPS) is 12.2. The molecule has 2 nitrogen and oxygen atoms in total. The quantitative estimate of drug-likeness (QED) is 0.732. The molecule has 0 saturated carbocycles. The lowest BCUT2D eigenvalue weighted by Gasteiger charge is -2.04. The van der Waals surface area contributed by atoms with Gasteiger partial charge in [-0.1, -0.05) is 6.08 Å². The van der Waals surface area contributed by atoms with Gasteiger partial charge in [0.25, 0.3) is 0 Å². The molecule has 0 fully saturated rings. The molecule has 13 heavy (non-hydrogen) atoms. The predicted molar refractivity (Wildman–Crippen MR) is 57.6 cm³/mol. The Labute approximate surface area is 79.8 Å². The Kier molecular flexibility index (Phi) is 3.32. The van der Waals surface area contributed by atoms with Gasteiger partial charge in [0.2, 0.25) is 0 Å². The largest absolute Gasteiger partial charge is 0.364 e. The lowest BCUT2D eigenvalue weighted by atomic mass is 10.0. The molecule has 0 aliphatic carbocycles. The Hall–Kier alpha value is -1.02. The zero-order valence-corrected chi connectivity index (χ0v) is 8.65. The maximum absolute atomic E-state index is 5.55. The molecule has 72 valence electrons. The van der Waals surface area contributed by atoms with Gasteiger partial charge in [-0.05, 0) is 44.9 Å². The summed E-state index contributed by atoms with van der Waals surface area (Å²) in [4.78, 5) is 3.24. The number of allylic oxidation sites excluding steroid dienone is 2. The van der Waals surface area contributed by atoms with Crippen LogP contribution < -0.4 is 5.73 Å². The van der Waals surface area contributed by atoms with Gasteiger partial charge in [0.05, 0.1) is 0 Å². The number of H-pyrrole nitrogens is 1. The molecule has 0 bridgehead atoms. The first-order valence-corrected chi connectivity index (χ1v) is 4.71. The first-order chi connectivity index (χ1) is 6.20. The minimum absolute atomic E-state index is 0.710. The number of aryl methyl sites for hydroxylation is 1. The van der Waals surface area contributed by atoms with E-state index in [0.29, 0.717) is 6.54 Å². The van der Waals surface area contributed by atoms with E-state index in [9.17, 15) is 0 Å². The summed E-state index contributed by atoms with van der Waals surface area (Å²) in [5.74, 6) is 0. The van der Waals surface area contributed by atoms with Gasteiger partial charge < -0.3 is 10.7 Å². The van der Waals surface area contributed by atoms with E-state index >= 15 is 0 Å². The van der Waals surface area contributed by atoms with Crippen molar-refractivity contribution >= 4 is 5.57 Å². The van der Waals surface area contributed by atoms with Crippen LogP contribution in [0.5, 0.6) is 0 Å². The maximum atomic E-state index is 5.55. The Morgan fingerprint density at radius 2 is 2.31 bits per heavy atom. The Balaban J connectivity index is 3.08. The second kappa shape index (κ2) is 4.28. The van der Waals surface area contributed by atoms with Crippen molar-refractivity contribution in [1.82, 2.24) is 4.98 Å². The van der Waals surface area contributed by atoms with Crippen molar-refractivity contribution in [3.63, 3.8) is 0 Å². The van der Waals surface area contributed by atoms with Crippen LogP contribution in [-0.2, 0) is 6.42 Å². The Morgan fingerprint density at radius 1 is 1.62 bits per heavy atom. The van der Waals surface area contributed by atoms with Crippen LogP contribution in [0.4, 0.5) is 0 Å². The highest BCUT2D eigenvalue weighted by Crippen LogP contribution is 2.22. The summed E-state index contributed by atoms with van der Waals surface area (Å²) in [5, 5.41) is 0. The predicted octanol–water partition coefficient (Wildman–Crippen LogP) is 2.25. The summed E-state index contributed by atoms with van der Waals surface area (Å²) < 4.78 is 0. The molecule has 0 radical (unpaired) electrons. The van der Waals surface area contributed by atoms with Crippen molar-refractivity contribution in [2.24, 2.45) is 5.73 Å². The summed E-state index contributed by atoms with van der Waals surface area (Å²) in [6.45, 7) is 7.01. The number of aromatic nitrogens is 1. The van der Waals surface area contributed by atoms with Crippen LogP contribution in [0, 0.1) is 6.92 Å². The van der Waals surface area contributed by atoms with Gasteiger partial charge in [-0.25, -0.2) is 0 Å². The number of hydrogen-bond donors (Lipinski definition) is 2. The number of nitrogens with two attached hydrogens (primary N) is 1. The van der Waals surface area contributed by atoms with Crippen LogP contribution in [0.1, 0.15) is 30.7 Å². The van der Waals surface area contributed by atoms with Crippen molar-refractivity contribution in [3.05, 3.63) is 29.1 Å². The molecule has 0 unspecified atom stereocenters. The number of hydrogen-bond acceptors (Lipinski definition) is 1. The van der Waals surface area contributed by atoms with Crippen LogP contribution in [0.25, 0.3) is 5.57 Å². The minimum Gasteiger partial charge on any atom is -0.364 e. The van der Waals surface area contributed by atoms with Crippen LogP contribution in [0.2, 0.25) is 0 Å². The summed E-state index contributed by atoms with van der Waals surface area (Å²) in [7, 11) is 0. The monoisotopic (exact) mass is 178 g/mol. The number of rotatable bonds is 3. The van der Waals surface area contributed by atoms with Crippen LogP contribution in [-0.4, -0.2) is 11.5 Å². The minimum atomic E-state index is 0.710. The lowest BCUT2D eigenvalue weighted by molar-refractivity contribution is 0.967. The molecule has 1 aromatic rings. The molecule has 0 saturated heterocycles. The molecule has 1 aromatic heterocycles. The van der Waals surface area contributed by atoms with Crippen molar-refractivity contribution in [1.29, 1.82) is 0 Å². The van der Waals surface area contributed by atoms with Crippen LogP contribution in [0.15, 0.2) is 12.3 Å². The fraction of sp³-hybridized carbons (Fsp3) is 0.455. The van der Waals surface area contributed by atoms with Gasteiger partial charge >= 0.3 is 0 Å². The third kappa shape index (κ3) is 2.01. The standard InChI is InChI=1S/C11H18N2/c1-4-8(2)11-9(3)13-7-10(11)5-6-12/h4,7,13H,5-6,12H2,1-3H3/b8-4-. The van der Waals surface area contributed by atoms with Gasteiger partial charge in [-0.15, -0.1) is 0 Å². The van der Waals surface area contributed by atoms with E-state index in [2.05, 4.69) is 38.0 Å². The molecule has 0 spiro atoms. The number of nitrogens with one attached hydrogen (secondary N) is 1. The highest BCUT2D eigenvalue weighted by atomic mass is 14.7. The van der Waals surface area contributed by atoms with Crippen molar-refractivity contribution in [2.75, 3.05) is 6.54 Å². The summed E-state index contributed by atoms with van der Waals surface area (Å²) in [5.41, 5.74) is 10.8. The maximum Gasteiger partial charge on any atom is 0.0194 e. The highest BCUT2D eigenvalue weighted by molar-refractivity contribution is 5.68. The fourth-order valence-electron chi connectivity index (χ4n) is 1.63. The highest BCUT2D eigenvalue weighted by Gasteiger charge is 2.07. The van der Waals surface area contributed by atoms with Crippen molar-refractivity contribution < 1.29 is 0 Å². The van der Waals surface area contributed by atoms with E-state index in [0.717, 1.165) is 6.42 Å². The topological polar surface area (TPSA) is 41.8 Å². The lowest BCUT2D eigenvalue weighted by Crippen LogP contribution is -2.03. The zero-order chi connectivity index (χ0) is 9.84. The van der Waals surface area contributed by atoms with E-state index in [1.165, 1.54) is 22.4 Å². The van der Waals surface area contributed by atoms with Gasteiger partial charge in [0, 0.05) is 17.5 Å². The second-order valence-corrected chi connectivity index (χ2v) is 3.32. The van der Waals surface area contributed by atoms with Gasteiger partial charge in [-0.2, -0.15) is 0 Å². The molecular weight excluding hydrogens is 160 g/mol. The van der Waals surface area contributed by atoms with Gasteiger partial charge in [0.1, 0.15) is 0 Å². The fourth-order valence-corrected chi connectivity index (χ4v) is 1.63. The van der Waals surface area contributed by atoms with Crippen LogP contribution in [0.3, 0.4) is 0 Å². The molecular formula is C11H18N2. The molecule has 0 amide bonds. The van der Waals surface area contributed by atoms with E-state index in [1.807, 2.05) is 0 Å². The molecule has 1 rings (SSSR count). The van der Waals surface area contributed by atoms with Crippen LogP contribution >= 0.6 is 0 Å². The molecule has 0 atom stereocenters. The average molecular weight is 178 g/mol. The van der Waals surface area contributed by atoms with E-state index in [1.54, 1.807) is 0 Å². The summed E-state index contributed by atoms with van der Waals surface area (Å²) in [6.07, 6.45) is 5.14. The van der Waals surface area contributed by atoms with E-state index in [-0.39, 0.29) is 0 Å². The summed E-state index contributed by atoms with van der Waals surface area (Å²) in [6, 6.07) is 0. The Morgan fingerprint density at radius 3 is 2.85 bits per heavy atom. The second-order valence-electron chi connectivity index (χ2n) is 3.32. The third-order valence-electron chi connectivity index (χ3n) is 2.40. The SMILES string of the molecule is C/C=C(/C)c1c(CCN)c[nH]c1C. The molecule has 2 heteroatoms. The third-order valence-corrected chi connectivity index (χ3v) is 2.40. The van der Waals surface area contributed by atoms with Gasteiger partial charge in [0.15, 0.2) is 0 Å². The molecule has 3 N–H and O–H groups in total. The van der Waals surface area contributed by atoms with Crippen molar-refractivity contribution in [3.8, 4) is 0 Å². The summed E-state index contributed by atoms with van der Waals surface area (Å²) >= 11 is 0. The van der Waals surface area contributed by atoms with Gasteiger partial charge in [-0.3, -0.25) is 0 Å². The number of aromatic amines is 1. The smallest absolute Gasteiger partial charge is 0.0194 e. The molecule has 0 aliphatic heterocycles.